The van der Waals surface area contributed by atoms with Crippen LogP contribution in [0, 0.1) is 0 Å². The third-order valence-electron chi connectivity index (χ3n) is 5.17. The van der Waals surface area contributed by atoms with E-state index in [-0.39, 0.29) is 11.2 Å². The van der Waals surface area contributed by atoms with E-state index in [0.717, 1.165) is 28.8 Å². The number of halogens is 3. The van der Waals surface area contributed by atoms with Crippen LogP contribution in [0.4, 0.5) is 13.2 Å². The van der Waals surface area contributed by atoms with Crippen molar-refractivity contribution in [2.45, 2.75) is 45.1 Å². The van der Waals surface area contributed by atoms with Crippen LogP contribution in [-0.2, 0) is 15.5 Å². The van der Waals surface area contributed by atoms with E-state index in [4.69, 9.17) is 9.31 Å². The first-order valence-electron chi connectivity index (χ1n) is 8.79. The van der Waals surface area contributed by atoms with Gasteiger partial charge in [-0.25, -0.2) is 0 Å². The fourth-order valence-electron chi connectivity index (χ4n) is 2.80. The van der Waals surface area contributed by atoms with E-state index in [2.05, 4.69) is 0 Å². The van der Waals surface area contributed by atoms with Crippen LogP contribution in [0.25, 0.3) is 17.2 Å². The van der Waals surface area contributed by atoms with Crippen molar-refractivity contribution in [2.75, 3.05) is 0 Å². The molecule has 0 N–H and O–H groups in total. The number of hydrogen-bond acceptors (Lipinski definition) is 2. The molecule has 1 fully saturated rings. The maximum atomic E-state index is 12.7. The molecule has 1 aliphatic rings. The minimum Gasteiger partial charge on any atom is -0.400 e. The second-order valence-corrected chi connectivity index (χ2v) is 7.68. The molecule has 0 atom stereocenters. The molecule has 27 heavy (non-hydrogen) atoms. The molecule has 3 rings (SSSR count). The molecule has 0 unspecified atom stereocenters. The molecule has 0 aliphatic carbocycles. The van der Waals surface area contributed by atoms with Crippen molar-refractivity contribution in [3.8, 4) is 11.1 Å². The standard InChI is InChI=1S/C21H22BF3O2/c1-19(2)20(3,4)27-22(26-19)14-13-15-5-7-16(8-6-15)17-9-11-18(12-10-17)21(23,24)25/h5-14H,1-4H3/b14-13+. The summed E-state index contributed by atoms with van der Waals surface area (Å²) in [6, 6.07) is 12.8. The molecule has 0 spiro atoms. The first-order chi connectivity index (χ1) is 12.5. The highest BCUT2D eigenvalue weighted by Crippen LogP contribution is 2.37. The number of rotatable bonds is 3. The van der Waals surface area contributed by atoms with Crippen molar-refractivity contribution in [3.63, 3.8) is 0 Å². The van der Waals surface area contributed by atoms with Crippen LogP contribution in [0.5, 0.6) is 0 Å². The van der Waals surface area contributed by atoms with Gasteiger partial charge in [0.1, 0.15) is 0 Å². The first-order valence-corrected chi connectivity index (χ1v) is 8.79. The van der Waals surface area contributed by atoms with Gasteiger partial charge in [0.2, 0.25) is 0 Å². The Hall–Kier alpha value is -2.05. The lowest BCUT2D eigenvalue weighted by Crippen LogP contribution is -2.41. The summed E-state index contributed by atoms with van der Waals surface area (Å²) in [5, 5.41) is 0. The third-order valence-corrected chi connectivity index (χ3v) is 5.17. The Morgan fingerprint density at radius 1 is 0.778 bits per heavy atom. The highest BCUT2D eigenvalue weighted by atomic mass is 19.4. The quantitative estimate of drug-likeness (QED) is 0.612. The normalized spacial score (nSPS) is 19.0. The van der Waals surface area contributed by atoms with E-state index in [1.165, 1.54) is 12.1 Å². The average Bonchev–Trinajstić information content (AvgIpc) is 2.80. The van der Waals surface area contributed by atoms with E-state index in [1.54, 1.807) is 0 Å². The molecule has 1 saturated heterocycles. The maximum absolute atomic E-state index is 12.7. The Morgan fingerprint density at radius 3 is 1.67 bits per heavy atom. The number of benzene rings is 2. The molecule has 142 valence electrons. The molecule has 6 heteroatoms. The van der Waals surface area contributed by atoms with Crippen molar-refractivity contribution in [1.29, 1.82) is 0 Å². The maximum Gasteiger partial charge on any atom is 0.487 e. The Kier molecular flexibility index (Phi) is 4.99. The van der Waals surface area contributed by atoms with Crippen LogP contribution < -0.4 is 0 Å². The van der Waals surface area contributed by atoms with Gasteiger partial charge < -0.3 is 9.31 Å². The van der Waals surface area contributed by atoms with Gasteiger partial charge in [-0.1, -0.05) is 48.4 Å². The summed E-state index contributed by atoms with van der Waals surface area (Å²) < 4.78 is 49.8. The summed E-state index contributed by atoms with van der Waals surface area (Å²) >= 11 is 0. The van der Waals surface area contributed by atoms with Crippen LogP contribution in [0.2, 0.25) is 0 Å². The van der Waals surface area contributed by atoms with E-state index in [1.807, 2.05) is 64.0 Å². The van der Waals surface area contributed by atoms with E-state index < -0.39 is 18.9 Å². The SMILES string of the molecule is CC1(C)OB(/C=C/c2ccc(-c3ccc(C(F)(F)F)cc3)cc2)OC1(C)C. The van der Waals surface area contributed by atoms with Gasteiger partial charge in [-0.2, -0.15) is 13.2 Å². The number of hydrogen-bond donors (Lipinski definition) is 0. The van der Waals surface area contributed by atoms with Gasteiger partial charge >= 0.3 is 13.3 Å². The van der Waals surface area contributed by atoms with Gasteiger partial charge in [0.15, 0.2) is 0 Å². The highest BCUT2D eigenvalue weighted by Gasteiger charge is 2.49. The minimum absolute atomic E-state index is 0.381. The van der Waals surface area contributed by atoms with Crippen molar-refractivity contribution >= 4 is 13.2 Å². The van der Waals surface area contributed by atoms with Gasteiger partial charge in [-0.05, 0) is 56.5 Å². The lowest BCUT2D eigenvalue weighted by molar-refractivity contribution is -0.137. The molecule has 2 aromatic carbocycles. The summed E-state index contributed by atoms with van der Waals surface area (Å²) in [7, 11) is -0.412. The summed E-state index contributed by atoms with van der Waals surface area (Å²) in [5.41, 5.74) is 1.15. The van der Waals surface area contributed by atoms with Crippen LogP contribution in [-0.4, -0.2) is 18.3 Å². The van der Waals surface area contributed by atoms with Gasteiger partial charge in [0, 0.05) is 0 Å². The zero-order valence-electron chi connectivity index (χ0n) is 15.8. The largest absolute Gasteiger partial charge is 0.487 e. The molecular formula is C21H22BF3O2. The van der Waals surface area contributed by atoms with Crippen LogP contribution in [0.3, 0.4) is 0 Å². The van der Waals surface area contributed by atoms with Gasteiger partial charge in [0.05, 0.1) is 16.8 Å². The van der Waals surface area contributed by atoms with Crippen molar-refractivity contribution in [2.24, 2.45) is 0 Å². The van der Waals surface area contributed by atoms with E-state index in [9.17, 15) is 13.2 Å². The van der Waals surface area contributed by atoms with Gasteiger partial charge in [-0.15, -0.1) is 0 Å². The molecule has 1 heterocycles. The second kappa shape index (κ2) is 6.84. The summed E-state index contributed by atoms with van der Waals surface area (Å²) in [6.07, 6.45) is -2.40. The van der Waals surface area contributed by atoms with E-state index >= 15 is 0 Å². The predicted molar refractivity (Wildman–Crippen MR) is 102 cm³/mol. The zero-order valence-corrected chi connectivity index (χ0v) is 15.8. The molecular weight excluding hydrogens is 352 g/mol. The molecule has 1 aliphatic heterocycles. The van der Waals surface area contributed by atoms with Crippen LogP contribution >= 0.6 is 0 Å². The molecule has 0 bridgehead atoms. The topological polar surface area (TPSA) is 18.5 Å². The molecule has 2 aromatic rings. The zero-order chi connectivity index (χ0) is 19.9. The monoisotopic (exact) mass is 374 g/mol. The molecule has 0 saturated carbocycles. The lowest BCUT2D eigenvalue weighted by Gasteiger charge is -2.32. The summed E-state index contributed by atoms with van der Waals surface area (Å²) in [4.78, 5) is 0. The van der Waals surface area contributed by atoms with Crippen molar-refractivity contribution in [3.05, 3.63) is 65.6 Å². The smallest absolute Gasteiger partial charge is 0.400 e. The Bertz CT molecular complexity index is 806. The molecule has 0 amide bonds. The predicted octanol–water partition coefficient (Wildman–Crippen LogP) is 6.02. The van der Waals surface area contributed by atoms with Gasteiger partial charge in [0.25, 0.3) is 0 Å². The second-order valence-electron chi connectivity index (χ2n) is 7.68. The average molecular weight is 374 g/mol. The first kappa shape index (κ1) is 19.7. The highest BCUT2D eigenvalue weighted by molar-refractivity contribution is 6.52. The van der Waals surface area contributed by atoms with E-state index in [0.29, 0.717) is 0 Å². The van der Waals surface area contributed by atoms with Crippen LogP contribution in [0.15, 0.2) is 54.5 Å². The Balaban J connectivity index is 1.69. The van der Waals surface area contributed by atoms with Crippen molar-refractivity contribution in [1.82, 2.24) is 0 Å². The van der Waals surface area contributed by atoms with Crippen LogP contribution in [0.1, 0.15) is 38.8 Å². The Labute approximate surface area is 158 Å². The molecule has 0 aromatic heterocycles. The fourth-order valence-corrected chi connectivity index (χ4v) is 2.80. The molecule has 0 radical (unpaired) electrons. The lowest BCUT2D eigenvalue weighted by atomic mass is 9.89. The summed E-state index contributed by atoms with van der Waals surface area (Å²) in [6.45, 7) is 8.00. The van der Waals surface area contributed by atoms with Crippen molar-refractivity contribution < 1.29 is 22.5 Å². The number of alkyl halides is 3. The minimum atomic E-state index is -4.32. The Morgan fingerprint density at radius 2 is 1.22 bits per heavy atom. The van der Waals surface area contributed by atoms with Gasteiger partial charge in [-0.3, -0.25) is 0 Å². The summed E-state index contributed by atoms with van der Waals surface area (Å²) in [5.74, 6) is 1.86. The third kappa shape index (κ3) is 4.28. The molecule has 2 nitrogen and oxygen atoms in total. The fraction of sp³-hybridized carbons (Fsp3) is 0.333.